The lowest BCUT2D eigenvalue weighted by molar-refractivity contribution is 0.0493. The maximum absolute atomic E-state index is 9.62. The summed E-state index contributed by atoms with van der Waals surface area (Å²) in [4.78, 5) is 7.83. The van der Waals surface area contributed by atoms with E-state index in [-0.39, 0.29) is 0 Å². The van der Waals surface area contributed by atoms with Gasteiger partial charge in [0.05, 0.1) is 24.2 Å². The van der Waals surface area contributed by atoms with Gasteiger partial charge < -0.3 is 10.2 Å². The van der Waals surface area contributed by atoms with Crippen LogP contribution in [0.3, 0.4) is 0 Å². The molecule has 0 saturated carbocycles. The zero-order valence-corrected chi connectivity index (χ0v) is 7.65. The molecule has 0 bridgehead atoms. The Kier molecular flexibility index (Phi) is 2.33. The van der Waals surface area contributed by atoms with Gasteiger partial charge in [0.1, 0.15) is 6.10 Å². The molecule has 2 N–H and O–H groups in total. The minimum Gasteiger partial charge on any atom is -0.383 e. The molecule has 2 unspecified atom stereocenters. The first-order valence-corrected chi connectivity index (χ1v) is 4.26. The van der Waals surface area contributed by atoms with Crippen LogP contribution in [0, 0.1) is 11.3 Å². The highest BCUT2D eigenvalue weighted by Crippen LogP contribution is 2.17. The number of aliphatic hydroxyl groups excluding tert-OH is 2. The molecule has 2 heterocycles. The van der Waals surface area contributed by atoms with Gasteiger partial charge in [-0.05, 0) is 0 Å². The zero-order valence-electron chi connectivity index (χ0n) is 7.65. The lowest BCUT2D eigenvalue weighted by Gasteiger charge is -2.10. The third-order valence-corrected chi connectivity index (χ3v) is 2.08. The monoisotopic (exact) mass is 204 g/mol. The zero-order chi connectivity index (χ0) is 10.8. The standard InChI is InChI=1S/C9H8N4O2/c10-3-7(14)9(15)6-4-12-8-5-11-1-2-13(6)8/h1-2,4-5,7,9,14-15H. The first kappa shape index (κ1) is 9.58. The second-order valence-corrected chi connectivity index (χ2v) is 3.01. The molecule has 2 aromatic heterocycles. The summed E-state index contributed by atoms with van der Waals surface area (Å²) in [5, 5.41) is 27.3. The molecule has 0 amide bonds. The van der Waals surface area contributed by atoms with E-state index in [1.54, 1.807) is 16.7 Å². The summed E-state index contributed by atoms with van der Waals surface area (Å²) < 4.78 is 1.57. The molecule has 0 aliphatic carbocycles. The van der Waals surface area contributed by atoms with Crippen LogP contribution in [0.2, 0.25) is 0 Å². The van der Waals surface area contributed by atoms with Crippen LogP contribution in [-0.4, -0.2) is 30.7 Å². The Hall–Kier alpha value is -1.97. The smallest absolute Gasteiger partial charge is 0.171 e. The van der Waals surface area contributed by atoms with Gasteiger partial charge in [-0.2, -0.15) is 5.26 Å². The average Bonchev–Trinajstić information content (AvgIpc) is 2.70. The van der Waals surface area contributed by atoms with Crippen molar-refractivity contribution < 1.29 is 10.2 Å². The summed E-state index contributed by atoms with van der Waals surface area (Å²) in [5.74, 6) is 0. The highest BCUT2D eigenvalue weighted by Gasteiger charge is 2.21. The Balaban J connectivity index is 2.49. The van der Waals surface area contributed by atoms with Crippen molar-refractivity contribution in [2.45, 2.75) is 12.2 Å². The molecule has 6 heteroatoms. The van der Waals surface area contributed by atoms with Crippen LogP contribution in [0.5, 0.6) is 0 Å². The first-order chi connectivity index (χ1) is 7.24. The van der Waals surface area contributed by atoms with Gasteiger partial charge in [0, 0.05) is 12.4 Å². The summed E-state index contributed by atoms with van der Waals surface area (Å²) in [5.41, 5.74) is 0.915. The van der Waals surface area contributed by atoms with Crippen LogP contribution in [0.1, 0.15) is 11.8 Å². The predicted molar refractivity (Wildman–Crippen MR) is 49.6 cm³/mol. The Morgan fingerprint density at radius 3 is 2.93 bits per heavy atom. The van der Waals surface area contributed by atoms with Crippen molar-refractivity contribution in [1.82, 2.24) is 14.4 Å². The van der Waals surface area contributed by atoms with Gasteiger partial charge in [-0.3, -0.25) is 9.38 Å². The van der Waals surface area contributed by atoms with Crippen molar-refractivity contribution in [1.29, 1.82) is 5.26 Å². The molecule has 0 fully saturated rings. The molecular formula is C9H8N4O2. The van der Waals surface area contributed by atoms with Crippen LogP contribution in [-0.2, 0) is 0 Å². The van der Waals surface area contributed by atoms with Crippen LogP contribution in [0.4, 0.5) is 0 Å². The largest absolute Gasteiger partial charge is 0.383 e. The summed E-state index contributed by atoms with van der Waals surface area (Å²) in [6, 6.07) is 1.57. The molecule has 0 aliphatic heterocycles. The Morgan fingerprint density at radius 1 is 1.40 bits per heavy atom. The minimum absolute atomic E-state index is 0.362. The molecular weight excluding hydrogens is 196 g/mol. The van der Waals surface area contributed by atoms with E-state index < -0.39 is 12.2 Å². The highest BCUT2D eigenvalue weighted by molar-refractivity contribution is 5.37. The number of aliphatic hydroxyl groups is 2. The van der Waals surface area contributed by atoms with Crippen molar-refractivity contribution >= 4 is 5.65 Å². The lowest BCUT2D eigenvalue weighted by Crippen LogP contribution is -2.17. The topological polar surface area (TPSA) is 94.4 Å². The van der Waals surface area contributed by atoms with E-state index in [9.17, 15) is 10.2 Å². The number of nitrogens with zero attached hydrogens (tertiary/aromatic N) is 4. The number of hydrogen-bond acceptors (Lipinski definition) is 5. The van der Waals surface area contributed by atoms with Crippen LogP contribution >= 0.6 is 0 Å². The number of imidazole rings is 1. The molecule has 0 spiro atoms. The van der Waals surface area contributed by atoms with E-state index in [4.69, 9.17) is 5.26 Å². The van der Waals surface area contributed by atoms with E-state index in [0.29, 0.717) is 11.3 Å². The Bertz CT molecular complexity index is 516. The van der Waals surface area contributed by atoms with E-state index in [1.807, 2.05) is 0 Å². The summed E-state index contributed by atoms with van der Waals surface area (Å²) in [6.45, 7) is 0. The van der Waals surface area contributed by atoms with Gasteiger partial charge in [-0.25, -0.2) is 4.98 Å². The quantitative estimate of drug-likeness (QED) is 0.652. The molecule has 2 rings (SSSR count). The number of fused-ring (bicyclic) bond motifs is 1. The maximum Gasteiger partial charge on any atom is 0.171 e. The highest BCUT2D eigenvalue weighted by atomic mass is 16.3. The maximum atomic E-state index is 9.62. The van der Waals surface area contributed by atoms with Crippen molar-refractivity contribution in [3.8, 4) is 6.07 Å². The number of aromatic nitrogens is 3. The second kappa shape index (κ2) is 3.65. The van der Waals surface area contributed by atoms with Crippen molar-refractivity contribution in [3.63, 3.8) is 0 Å². The molecule has 0 aromatic carbocycles. The van der Waals surface area contributed by atoms with Gasteiger partial charge in [-0.1, -0.05) is 0 Å². The van der Waals surface area contributed by atoms with Gasteiger partial charge in [0.15, 0.2) is 11.8 Å². The average molecular weight is 204 g/mol. The fraction of sp³-hybridized carbons (Fsp3) is 0.222. The predicted octanol–water partition coefficient (Wildman–Crippen LogP) is -0.353. The number of rotatable bonds is 2. The number of nitriles is 1. The van der Waals surface area contributed by atoms with Crippen molar-refractivity contribution in [2.75, 3.05) is 0 Å². The van der Waals surface area contributed by atoms with Gasteiger partial charge in [0.25, 0.3) is 0 Å². The molecule has 76 valence electrons. The SMILES string of the molecule is N#CC(O)C(O)c1cnc2cnccn12. The molecule has 0 radical (unpaired) electrons. The summed E-state index contributed by atoms with van der Waals surface area (Å²) >= 11 is 0. The molecule has 2 aromatic rings. The third-order valence-electron chi connectivity index (χ3n) is 2.08. The minimum atomic E-state index is -1.46. The number of hydrogen-bond donors (Lipinski definition) is 2. The normalized spacial score (nSPS) is 14.7. The summed E-state index contributed by atoms with van der Waals surface area (Å²) in [6.07, 6.45) is 3.33. The fourth-order valence-corrected chi connectivity index (χ4v) is 1.31. The summed E-state index contributed by atoms with van der Waals surface area (Å²) in [7, 11) is 0. The van der Waals surface area contributed by atoms with Crippen LogP contribution < -0.4 is 0 Å². The van der Waals surface area contributed by atoms with Crippen molar-refractivity contribution in [2.24, 2.45) is 0 Å². The van der Waals surface area contributed by atoms with Crippen LogP contribution in [0.25, 0.3) is 5.65 Å². The molecule has 2 atom stereocenters. The van der Waals surface area contributed by atoms with Gasteiger partial charge in [-0.15, -0.1) is 0 Å². The fourth-order valence-electron chi connectivity index (χ4n) is 1.31. The van der Waals surface area contributed by atoms with Crippen LogP contribution in [0.15, 0.2) is 24.8 Å². The van der Waals surface area contributed by atoms with E-state index in [1.165, 1.54) is 18.6 Å². The van der Waals surface area contributed by atoms with E-state index >= 15 is 0 Å². The van der Waals surface area contributed by atoms with Gasteiger partial charge >= 0.3 is 0 Å². The van der Waals surface area contributed by atoms with Crippen molar-refractivity contribution in [3.05, 3.63) is 30.5 Å². The van der Waals surface area contributed by atoms with Gasteiger partial charge in [0.2, 0.25) is 0 Å². The molecule has 0 saturated heterocycles. The first-order valence-electron chi connectivity index (χ1n) is 4.26. The second-order valence-electron chi connectivity index (χ2n) is 3.01. The third kappa shape index (κ3) is 1.54. The Morgan fingerprint density at radius 2 is 2.20 bits per heavy atom. The van der Waals surface area contributed by atoms with E-state index in [2.05, 4.69) is 9.97 Å². The Labute approximate surface area is 85.1 Å². The lowest BCUT2D eigenvalue weighted by atomic mass is 10.2. The molecule has 6 nitrogen and oxygen atoms in total. The molecule has 15 heavy (non-hydrogen) atoms. The van der Waals surface area contributed by atoms with E-state index in [0.717, 1.165) is 0 Å². The molecule has 0 aliphatic rings.